The molecule has 0 saturated heterocycles. The third-order valence-corrected chi connectivity index (χ3v) is 14.7. The summed E-state index contributed by atoms with van der Waals surface area (Å²) < 4.78 is 0. The Hall–Kier alpha value is -6.44. The number of anilines is 3. The van der Waals surface area contributed by atoms with Crippen LogP contribution in [0.3, 0.4) is 0 Å². The second kappa shape index (κ2) is 13.0. The minimum atomic E-state index is -0.0999. The van der Waals surface area contributed by atoms with Crippen molar-refractivity contribution in [3.8, 4) is 55.6 Å². The zero-order chi connectivity index (χ0) is 39.3. The van der Waals surface area contributed by atoms with E-state index in [0.29, 0.717) is 5.92 Å². The summed E-state index contributed by atoms with van der Waals surface area (Å²) in [5.74, 6) is 1.54. The first-order valence-corrected chi connectivity index (χ1v) is 21.6. The van der Waals surface area contributed by atoms with Crippen LogP contribution < -0.4 is 4.90 Å². The van der Waals surface area contributed by atoms with E-state index in [2.05, 4.69) is 207 Å². The molecule has 2 bridgehead atoms. The summed E-state index contributed by atoms with van der Waals surface area (Å²) in [6.07, 6.45) is 5.35. The van der Waals surface area contributed by atoms with Crippen molar-refractivity contribution in [3.05, 3.63) is 210 Å². The molecule has 3 atom stereocenters. The van der Waals surface area contributed by atoms with Gasteiger partial charge in [-0.15, -0.1) is 0 Å². The Labute approximate surface area is 348 Å². The van der Waals surface area contributed by atoms with E-state index in [-0.39, 0.29) is 10.8 Å². The van der Waals surface area contributed by atoms with Gasteiger partial charge in [-0.3, -0.25) is 0 Å². The van der Waals surface area contributed by atoms with Crippen LogP contribution in [0.5, 0.6) is 0 Å². The molecular formula is C58H47N. The summed E-state index contributed by atoms with van der Waals surface area (Å²) in [7, 11) is 0. The first-order valence-electron chi connectivity index (χ1n) is 21.6. The first-order chi connectivity index (χ1) is 29.0. The Morgan fingerprint density at radius 3 is 1.66 bits per heavy atom. The number of hydrogen-bond donors (Lipinski definition) is 0. The van der Waals surface area contributed by atoms with E-state index in [9.17, 15) is 0 Å². The summed E-state index contributed by atoms with van der Waals surface area (Å²) >= 11 is 0. The minimum Gasteiger partial charge on any atom is -0.310 e. The number of fused-ring (bicyclic) bond motifs is 11. The van der Waals surface area contributed by atoms with Crippen LogP contribution in [-0.4, -0.2) is 0 Å². The number of rotatable bonds is 6. The Morgan fingerprint density at radius 2 is 0.949 bits per heavy atom. The highest BCUT2D eigenvalue weighted by Crippen LogP contribution is 2.66. The van der Waals surface area contributed by atoms with E-state index in [1.165, 1.54) is 104 Å². The van der Waals surface area contributed by atoms with Crippen LogP contribution in [-0.2, 0) is 10.8 Å². The van der Waals surface area contributed by atoms with Gasteiger partial charge in [0.2, 0.25) is 0 Å². The van der Waals surface area contributed by atoms with Crippen molar-refractivity contribution in [2.24, 2.45) is 11.8 Å². The molecule has 59 heavy (non-hydrogen) atoms. The van der Waals surface area contributed by atoms with Gasteiger partial charge < -0.3 is 4.90 Å². The molecule has 1 spiro atoms. The molecule has 8 aromatic carbocycles. The average molecular weight is 758 g/mol. The van der Waals surface area contributed by atoms with Gasteiger partial charge in [0.05, 0.1) is 0 Å². The third-order valence-electron chi connectivity index (χ3n) is 14.7. The largest absolute Gasteiger partial charge is 0.310 e. The molecule has 2 saturated carbocycles. The van der Waals surface area contributed by atoms with Crippen molar-refractivity contribution in [2.45, 2.75) is 50.4 Å². The van der Waals surface area contributed by atoms with Crippen LogP contribution in [0.15, 0.2) is 188 Å². The minimum absolute atomic E-state index is 0.0999. The van der Waals surface area contributed by atoms with E-state index < -0.39 is 0 Å². The quantitative estimate of drug-likeness (QED) is 0.163. The summed E-state index contributed by atoms with van der Waals surface area (Å²) in [6.45, 7) is 4.78. The number of benzene rings is 8. The van der Waals surface area contributed by atoms with Crippen LogP contribution in [0.4, 0.5) is 17.1 Å². The molecule has 12 rings (SSSR count). The lowest BCUT2D eigenvalue weighted by Gasteiger charge is -2.37. The first kappa shape index (κ1) is 34.6. The van der Waals surface area contributed by atoms with Gasteiger partial charge in [-0.2, -0.15) is 0 Å². The van der Waals surface area contributed by atoms with Crippen molar-refractivity contribution in [1.82, 2.24) is 0 Å². The molecule has 4 aliphatic rings. The zero-order valence-corrected chi connectivity index (χ0v) is 33.8. The lowest BCUT2D eigenvalue weighted by atomic mass is 9.67. The lowest BCUT2D eigenvalue weighted by molar-refractivity contribution is 0.327. The van der Waals surface area contributed by atoms with Crippen molar-refractivity contribution in [2.75, 3.05) is 4.90 Å². The fourth-order valence-electron chi connectivity index (χ4n) is 12.2. The monoisotopic (exact) mass is 757 g/mol. The molecular weight excluding hydrogens is 711 g/mol. The second-order valence-electron chi connectivity index (χ2n) is 18.1. The fraction of sp³-hybridized carbons (Fsp3) is 0.172. The molecule has 0 amide bonds. The maximum absolute atomic E-state index is 2.58. The van der Waals surface area contributed by atoms with Gasteiger partial charge in [0, 0.05) is 27.9 Å². The topological polar surface area (TPSA) is 3.24 Å². The normalized spacial score (nSPS) is 20.0. The van der Waals surface area contributed by atoms with E-state index in [0.717, 1.165) is 11.6 Å². The van der Waals surface area contributed by atoms with Gasteiger partial charge in [0.1, 0.15) is 0 Å². The molecule has 0 aliphatic heterocycles. The highest BCUT2D eigenvalue weighted by Gasteiger charge is 2.56. The predicted octanol–water partition coefficient (Wildman–Crippen LogP) is 15.6. The van der Waals surface area contributed by atoms with E-state index in [4.69, 9.17) is 0 Å². The Morgan fingerprint density at radius 1 is 0.407 bits per heavy atom. The van der Waals surface area contributed by atoms with Crippen LogP contribution in [0.1, 0.15) is 61.8 Å². The van der Waals surface area contributed by atoms with Crippen LogP contribution in [0.2, 0.25) is 0 Å². The van der Waals surface area contributed by atoms with Crippen molar-refractivity contribution in [1.29, 1.82) is 0 Å². The maximum atomic E-state index is 2.58. The predicted molar refractivity (Wildman–Crippen MR) is 247 cm³/mol. The van der Waals surface area contributed by atoms with Gasteiger partial charge in [-0.1, -0.05) is 172 Å². The van der Waals surface area contributed by atoms with Gasteiger partial charge in [-0.05, 0) is 145 Å². The highest BCUT2D eigenvalue weighted by molar-refractivity contribution is 5.91. The van der Waals surface area contributed by atoms with Gasteiger partial charge in [0.15, 0.2) is 0 Å². The lowest BCUT2D eigenvalue weighted by Crippen LogP contribution is -2.32. The van der Waals surface area contributed by atoms with E-state index in [1.807, 2.05) is 0 Å². The summed E-state index contributed by atoms with van der Waals surface area (Å²) in [4.78, 5) is 2.51. The molecule has 8 aromatic rings. The van der Waals surface area contributed by atoms with Gasteiger partial charge in [0.25, 0.3) is 0 Å². The molecule has 0 N–H and O–H groups in total. The molecule has 2 fully saturated rings. The fourth-order valence-corrected chi connectivity index (χ4v) is 12.2. The SMILES string of the molecule is CC1(C)c2ccccc2-c2cccc(-c3cccc(N(c4ccc(-c5ccc(-c6ccccc6)cc5)cc4)c4ccc5c(c4)C4(CC6CCC4C6)c4ccccc4-5)c3)c21. The Bertz CT molecular complexity index is 2920. The third kappa shape index (κ3) is 5.17. The van der Waals surface area contributed by atoms with Crippen molar-refractivity contribution in [3.63, 3.8) is 0 Å². The molecule has 1 nitrogen and oxygen atoms in total. The average Bonchev–Trinajstić information content (AvgIpc) is 4.04. The smallest absolute Gasteiger partial charge is 0.0467 e. The molecule has 284 valence electrons. The summed E-state index contributed by atoms with van der Waals surface area (Å²) in [6, 6.07) is 70.8. The Balaban J connectivity index is 0.993. The molecule has 3 unspecified atom stereocenters. The van der Waals surface area contributed by atoms with Crippen LogP contribution in [0, 0.1) is 11.8 Å². The molecule has 4 aliphatic carbocycles. The van der Waals surface area contributed by atoms with Gasteiger partial charge >= 0.3 is 0 Å². The van der Waals surface area contributed by atoms with Crippen molar-refractivity contribution < 1.29 is 0 Å². The maximum Gasteiger partial charge on any atom is 0.0467 e. The summed E-state index contributed by atoms with van der Waals surface area (Å²) in [5, 5.41) is 0. The molecule has 1 heteroatoms. The van der Waals surface area contributed by atoms with Crippen molar-refractivity contribution >= 4 is 17.1 Å². The van der Waals surface area contributed by atoms with Crippen LogP contribution in [0.25, 0.3) is 55.6 Å². The number of nitrogens with zero attached hydrogens (tertiary/aromatic N) is 1. The number of hydrogen-bond acceptors (Lipinski definition) is 1. The van der Waals surface area contributed by atoms with E-state index >= 15 is 0 Å². The zero-order valence-electron chi connectivity index (χ0n) is 33.8. The van der Waals surface area contributed by atoms with E-state index in [1.54, 1.807) is 11.1 Å². The second-order valence-corrected chi connectivity index (χ2v) is 18.1. The van der Waals surface area contributed by atoms with Crippen LogP contribution >= 0.6 is 0 Å². The highest BCUT2D eigenvalue weighted by atomic mass is 15.1. The summed E-state index contributed by atoms with van der Waals surface area (Å²) in [5.41, 5.74) is 22.6. The molecule has 0 radical (unpaired) electrons. The Kier molecular flexibility index (Phi) is 7.64. The van der Waals surface area contributed by atoms with Gasteiger partial charge in [-0.25, -0.2) is 0 Å². The molecule has 0 heterocycles. The standard InChI is InChI=1S/C58H47N/c1-57(2)53-20-8-6-17-50(53)52-19-11-18-48(56(52)57)43-14-10-15-46(35-43)59(45-30-27-42(28-31-45)41-25-23-40(24-26-41)39-12-4-3-5-13-39)47-32-33-51-49-16-7-9-21-54(49)58(55(51)36-47)37-38-22-29-44(58)34-38/h3-21,23-28,30-33,35-36,38,44H,22,29,34,37H2,1-2H3. The molecule has 0 aromatic heterocycles.